The van der Waals surface area contributed by atoms with Crippen LogP contribution >= 0.6 is 0 Å². The van der Waals surface area contributed by atoms with Gasteiger partial charge in [-0.15, -0.1) is 0 Å². The molecule has 0 spiro atoms. The molecule has 2 N–H and O–H groups in total. The zero-order valence-electron chi connectivity index (χ0n) is 17.9. The van der Waals surface area contributed by atoms with E-state index in [4.69, 9.17) is 4.74 Å². The van der Waals surface area contributed by atoms with Crippen molar-refractivity contribution in [3.63, 3.8) is 0 Å². The molecule has 0 unspecified atom stereocenters. The van der Waals surface area contributed by atoms with Gasteiger partial charge >= 0.3 is 0 Å². The van der Waals surface area contributed by atoms with E-state index in [1.807, 2.05) is 55.5 Å². The SMILES string of the molecule is CCc1ccccc1NC(=O)CN(C)C(=O)c1cccnc1Nc1ccccc1OC. The Hall–Kier alpha value is -3.87. The Morgan fingerprint density at radius 3 is 2.45 bits per heavy atom. The number of pyridine rings is 1. The van der Waals surface area contributed by atoms with E-state index in [0.717, 1.165) is 17.7 Å². The summed E-state index contributed by atoms with van der Waals surface area (Å²) in [7, 11) is 3.17. The van der Waals surface area contributed by atoms with Crippen molar-refractivity contribution in [1.29, 1.82) is 0 Å². The van der Waals surface area contributed by atoms with E-state index >= 15 is 0 Å². The van der Waals surface area contributed by atoms with Gasteiger partial charge in [0.2, 0.25) is 5.91 Å². The largest absolute Gasteiger partial charge is 0.495 e. The van der Waals surface area contributed by atoms with E-state index < -0.39 is 0 Å². The first-order chi connectivity index (χ1) is 15.0. The molecule has 0 aliphatic carbocycles. The number of rotatable bonds is 8. The summed E-state index contributed by atoms with van der Waals surface area (Å²) in [5, 5.41) is 6.04. The van der Waals surface area contributed by atoms with Crippen molar-refractivity contribution in [2.45, 2.75) is 13.3 Å². The van der Waals surface area contributed by atoms with Crippen LogP contribution in [-0.2, 0) is 11.2 Å². The van der Waals surface area contributed by atoms with Gasteiger partial charge in [0.15, 0.2) is 0 Å². The number of hydrogen-bond donors (Lipinski definition) is 2. The summed E-state index contributed by atoms with van der Waals surface area (Å²) in [4.78, 5) is 31.3. The molecular weight excluding hydrogens is 392 g/mol. The van der Waals surface area contributed by atoms with E-state index in [1.165, 1.54) is 4.90 Å². The van der Waals surface area contributed by atoms with Gasteiger partial charge < -0.3 is 20.3 Å². The lowest BCUT2D eigenvalue weighted by atomic mass is 10.1. The van der Waals surface area contributed by atoms with Gasteiger partial charge in [-0.25, -0.2) is 4.98 Å². The average Bonchev–Trinajstić information content (AvgIpc) is 2.79. The molecule has 160 valence electrons. The number of amides is 2. The van der Waals surface area contributed by atoms with Crippen LogP contribution in [0.1, 0.15) is 22.8 Å². The lowest BCUT2D eigenvalue weighted by Gasteiger charge is -2.19. The Balaban J connectivity index is 1.73. The summed E-state index contributed by atoms with van der Waals surface area (Å²) in [5.41, 5.74) is 2.85. The molecule has 0 aliphatic rings. The minimum atomic E-state index is -0.315. The fourth-order valence-electron chi connectivity index (χ4n) is 3.19. The number of nitrogens with zero attached hydrogens (tertiary/aromatic N) is 2. The number of likely N-dealkylation sites (N-methyl/N-ethyl adjacent to an activating group) is 1. The molecule has 0 saturated carbocycles. The highest BCUT2D eigenvalue weighted by Crippen LogP contribution is 2.28. The maximum atomic E-state index is 13.1. The molecule has 0 fully saturated rings. The predicted octanol–water partition coefficient (Wildman–Crippen LogP) is 4.11. The molecule has 7 heteroatoms. The van der Waals surface area contributed by atoms with Gasteiger partial charge in [0.25, 0.3) is 5.91 Å². The van der Waals surface area contributed by atoms with E-state index in [1.54, 1.807) is 32.5 Å². The van der Waals surface area contributed by atoms with Crippen LogP contribution < -0.4 is 15.4 Å². The second-order valence-corrected chi connectivity index (χ2v) is 6.94. The molecule has 0 radical (unpaired) electrons. The van der Waals surface area contributed by atoms with Crippen molar-refractivity contribution >= 4 is 29.0 Å². The third-order valence-electron chi connectivity index (χ3n) is 4.80. The topological polar surface area (TPSA) is 83.6 Å². The molecule has 0 aliphatic heterocycles. The van der Waals surface area contributed by atoms with Crippen LogP contribution in [0, 0.1) is 0 Å². The number of aromatic nitrogens is 1. The third-order valence-corrected chi connectivity index (χ3v) is 4.80. The Morgan fingerprint density at radius 1 is 1.00 bits per heavy atom. The number of carbonyl (C=O) groups excluding carboxylic acids is 2. The molecule has 3 rings (SSSR count). The van der Waals surface area contributed by atoms with E-state index in [0.29, 0.717) is 22.8 Å². The number of anilines is 3. The summed E-state index contributed by atoms with van der Waals surface area (Å²) < 4.78 is 5.35. The second-order valence-electron chi connectivity index (χ2n) is 6.94. The fraction of sp³-hybridized carbons (Fsp3) is 0.208. The summed E-state index contributed by atoms with van der Waals surface area (Å²) in [5.74, 6) is 0.443. The van der Waals surface area contributed by atoms with Gasteiger partial charge in [0.05, 0.1) is 24.9 Å². The highest BCUT2D eigenvalue weighted by molar-refractivity contribution is 6.02. The average molecular weight is 418 g/mol. The standard InChI is InChI=1S/C24H26N4O3/c1-4-17-10-5-6-12-19(17)26-22(29)16-28(2)24(30)18-11-9-15-25-23(18)27-20-13-7-8-14-21(20)31-3/h5-15H,4,16H2,1-3H3,(H,25,27)(H,26,29). The number of nitrogens with one attached hydrogen (secondary N) is 2. The number of ether oxygens (including phenoxy) is 1. The molecule has 7 nitrogen and oxygen atoms in total. The monoisotopic (exact) mass is 418 g/mol. The molecule has 31 heavy (non-hydrogen) atoms. The van der Waals surface area contributed by atoms with Crippen molar-refractivity contribution < 1.29 is 14.3 Å². The Kier molecular flexibility index (Phi) is 7.22. The second kappa shape index (κ2) is 10.2. The summed E-state index contributed by atoms with van der Waals surface area (Å²) in [6.45, 7) is 1.94. The van der Waals surface area contributed by atoms with Gasteiger partial charge in [-0.05, 0) is 42.3 Å². The van der Waals surface area contributed by atoms with Crippen LogP contribution in [0.2, 0.25) is 0 Å². The summed E-state index contributed by atoms with van der Waals surface area (Å²) >= 11 is 0. The van der Waals surface area contributed by atoms with Crippen molar-refractivity contribution in [3.8, 4) is 5.75 Å². The van der Waals surface area contributed by atoms with Crippen LogP contribution in [-0.4, -0.2) is 42.4 Å². The molecule has 0 saturated heterocycles. The Bertz CT molecular complexity index is 1070. The van der Waals surface area contributed by atoms with Crippen molar-refractivity contribution in [1.82, 2.24) is 9.88 Å². The first-order valence-corrected chi connectivity index (χ1v) is 10.0. The zero-order chi connectivity index (χ0) is 22.2. The lowest BCUT2D eigenvalue weighted by molar-refractivity contribution is -0.116. The van der Waals surface area contributed by atoms with Gasteiger partial charge in [0, 0.05) is 18.9 Å². The highest BCUT2D eigenvalue weighted by Gasteiger charge is 2.20. The Labute approximate surface area is 182 Å². The van der Waals surface area contributed by atoms with Crippen LogP contribution in [0.5, 0.6) is 5.75 Å². The quantitative estimate of drug-likeness (QED) is 0.575. The normalized spacial score (nSPS) is 10.3. The van der Waals surface area contributed by atoms with Crippen molar-refractivity contribution in [2.75, 3.05) is 31.3 Å². The molecule has 2 amide bonds. The maximum Gasteiger partial charge on any atom is 0.257 e. The highest BCUT2D eigenvalue weighted by atomic mass is 16.5. The lowest BCUT2D eigenvalue weighted by Crippen LogP contribution is -2.35. The van der Waals surface area contributed by atoms with Crippen LogP contribution in [0.3, 0.4) is 0 Å². The zero-order valence-corrected chi connectivity index (χ0v) is 17.9. The first-order valence-electron chi connectivity index (χ1n) is 10.0. The van der Waals surface area contributed by atoms with Gasteiger partial charge in [-0.1, -0.05) is 37.3 Å². The number of para-hydroxylation sites is 3. The molecule has 1 aromatic heterocycles. The third kappa shape index (κ3) is 5.39. The van der Waals surface area contributed by atoms with Crippen LogP contribution in [0.25, 0.3) is 0 Å². The fourth-order valence-corrected chi connectivity index (χ4v) is 3.19. The number of benzene rings is 2. The number of methoxy groups -OCH3 is 1. The molecular formula is C24H26N4O3. The molecule has 0 atom stereocenters. The summed E-state index contributed by atoms with van der Waals surface area (Å²) in [6, 6.07) is 18.4. The number of aryl methyl sites for hydroxylation is 1. The van der Waals surface area contributed by atoms with E-state index in [2.05, 4.69) is 15.6 Å². The number of carbonyl (C=O) groups is 2. The summed E-state index contributed by atoms with van der Waals surface area (Å²) in [6.07, 6.45) is 2.40. The van der Waals surface area contributed by atoms with Gasteiger partial charge in [-0.2, -0.15) is 0 Å². The van der Waals surface area contributed by atoms with Crippen LogP contribution in [0.4, 0.5) is 17.2 Å². The van der Waals surface area contributed by atoms with Crippen molar-refractivity contribution in [2.24, 2.45) is 0 Å². The smallest absolute Gasteiger partial charge is 0.257 e. The molecule has 3 aromatic rings. The Morgan fingerprint density at radius 2 is 1.71 bits per heavy atom. The van der Waals surface area contributed by atoms with Gasteiger partial charge in [-0.3, -0.25) is 9.59 Å². The molecule has 0 bridgehead atoms. The minimum Gasteiger partial charge on any atom is -0.495 e. The minimum absolute atomic E-state index is 0.0835. The van der Waals surface area contributed by atoms with Gasteiger partial charge in [0.1, 0.15) is 11.6 Å². The van der Waals surface area contributed by atoms with E-state index in [9.17, 15) is 9.59 Å². The maximum absolute atomic E-state index is 13.1. The van der Waals surface area contributed by atoms with Crippen molar-refractivity contribution in [3.05, 3.63) is 78.0 Å². The predicted molar refractivity (Wildman–Crippen MR) is 122 cm³/mol. The van der Waals surface area contributed by atoms with E-state index in [-0.39, 0.29) is 18.4 Å². The number of hydrogen-bond acceptors (Lipinski definition) is 5. The molecule has 1 heterocycles. The first kappa shape index (κ1) is 21.8. The van der Waals surface area contributed by atoms with Crippen LogP contribution in [0.15, 0.2) is 66.9 Å². The molecule has 2 aromatic carbocycles.